The summed E-state index contributed by atoms with van der Waals surface area (Å²) in [6.45, 7) is 6.65. The number of halogens is 2. The predicted molar refractivity (Wildman–Crippen MR) is 154 cm³/mol. The third-order valence-electron chi connectivity index (χ3n) is 6.11. The molecule has 1 N–H and O–H groups in total. The summed E-state index contributed by atoms with van der Waals surface area (Å²) in [5.74, 6) is -0.501. The van der Waals surface area contributed by atoms with Gasteiger partial charge in [0.15, 0.2) is 0 Å². The van der Waals surface area contributed by atoms with Gasteiger partial charge in [-0.2, -0.15) is 0 Å². The SMILES string of the molecule is C=Nc1c(/C=C\C)cccc1S(=O)(=O)Nc1ccc(C(=O)N2CCN(C(=O)c3ccc(Cl)nc3Cl)CC2)cc1. The van der Waals surface area contributed by atoms with Crippen molar-refractivity contribution in [2.24, 2.45) is 4.99 Å². The Morgan fingerprint density at radius 2 is 1.62 bits per heavy atom. The fraction of sp³-hybridized carbons (Fsp3) is 0.185. The fourth-order valence-electron chi connectivity index (χ4n) is 4.17. The van der Waals surface area contributed by atoms with Crippen LogP contribution in [0.3, 0.4) is 0 Å². The van der Waals surface area contributed by atoms with E-state index in [0.29, 0.717) is 43.0 Å². The molecule has 12 heteroatoms. The van der Waals surface area contributed by atoms with Crippen LogP contribution < -0.4 is 4.72 Å². The van der Waals surface area contributed by atoms with Gasteiger partial charge in [0.1, 0.15) is 15.2 Å². The molecule has 0 unspecified atom stereocenters. The molecule has 4 rings (SSSR count). The molecule has 1 saturated heterocycles. The number of amides is 2. The molecule has 1 aromatic heterocycles. The quantitative estimate of drug-likeness (QED) is 0.304. The number of allylic oxidation sites excluding steroid dienone is 1. The van der Waals surface area contributed by atoms with E-state index in [0.717, 1.165) is 0 Å². The van der Waals surface area contributed by atoms with Crippen LogP contribution in [0, 0.1) is 0 Å². The number of carbonyl (C=O) groups excluding carboxylic acids is 2. The molecular weight excluding hydrogens is 561 g/mol. The molecule has 9 nitrogen and oxygen atoms in total. The van der Waals surface area contributed by atoms with E-state index < -0.39 is 10.0 Å². The number of benzene rings is 2. The van der Waals surface area contributed by atoms with Crippen LogP contribution in [0.4, 0.5) is 11.4 Å². The van der Waals surface area contributed by atoms with Crippen LogP contribution in [-0.2, 0) is 10.0 Å². The summed E-state index contributed by atoms with van der Waals surface area (Å²) in [6, 6.07) is 14.0. The number of aromatic nitrogens is 1. The topological polar surface area (TPSA) is 112 Å². The van der Waals surface area contributed by atoms with Crippen molar-refractivity contribution >= 4 is 69.2 Å². The monoisotopic (exact) mass is 585 g/mol. The van der Waals surface area contributed by atoms with E-state index >= 15 is 0 Å². The van der Waals surface area contributed by atoms with Crippen LogP contribution >= 0.6 is 23.2 Å². The molecule has 0 bridgehead atoms. The van der Waals surface area contributed by atoms with Gasteiger partial charge in [-0.25, -0.2) is 13.4 Å². The fourth-order valence-corrected chi connectivity index (χ4v) is 5.84. The molecule has 2 heterocycles. The number of nitrogens with zero attached hydrogens (tertiary/aromatic N) is 4. The van der Waals surface area contributed by atoms with Crippen molar-refractivity contribution in [3.05, 3.63) is 87.7 Å². The second-order valence-corrected chi connectivity index (χ2v) is 11.0. The molecule has 1 aliphatic heterocycles. The summed E-state index contributed by atoms with van der Waals surface area (Å²) in [6.07, 6.45) is 3.54. The molecule has 2 aromatic carbocycles. The van der Waals surface area contributed by atoms with Gasteiger partial charge in [0.2, 0.25) is 0 Å². The molecular formula is C27H25Cl2N5O4S. The number of sulfonamides is 1. The highest BCUT2D eigenvalue weighted by Gasteiger charge is 2.27. The van der Waals surface area contributed by atoms with Crippen LogP contribution in [0.15, 0.2) is 70.6 Å². The summed E-state index contributed by atoms with van der Waals surface area (Å²) in [5.41, 5.74) is 1.82. The van der Waals surface area contributed by atoms with Gasteiger partial charge < -0.3 is 9.80 Å². The lowest BCUT2D eigenvalue weighted by Crippen LogP contribution is -2.50. The van der Waals surface area contributed by atoms with Crippen molar-refractivity contribution in [1.82, 2.24) is 14.8 Å². The van der Waals surface area contributed by atoms with Gasteiger partial charge in [-0.05, 0) is 56.1 Å². The Labute approximate surface area is 236 Å². The molecule has 3 aromatic rings. The molecule has 39 heavy (non-hydrogen) atoms. The first kappa shape index (κ1) is 28.3. The third kappa shape index (κ3) is 6.30. The number of aliphatic imine (C=N–C) groups is 1. The minimum absolute atomic E-state index is 0.00339. The third-order valence-corrected chi connectivity index (χ3v) is 8.02. The van der Waals surface area contributed by atoms with Gasteiger partial charge in [0.25, 0.3) is 21.8 Å². The Kier molecular flexibility index (Phi) is 8.69. The van der Waals surface area contributed by atoms with E-state index in [1.54, 1.807) is 46.2 Å². The molecule has 0 spiro atoms. The summed E-state index contributed by atoms with van der Waals surface area (Å²) in [4.78, 5) is 36.9. The van der Waals surface area contributed by atoms with Crippen LogP contribution in [0.1, 0.15) is 33.2 Å². The largest absolute Gasteiger partial charge is 0.335 e. The van der Waals surface area contributed by atoms with Gasteiger partial charge in [-0.1, -0.05) is 47.5 Å². The van der Waals surface area contributed by atoms with E-state index in [-0.39, 0.29) is 38.3 Å². The molecule has 2 amide bonds. The maximum Gasteiger partial charge on any atom is 0.264 e. The van der Waals surface area contributed by atoms with Gasteiger partial charge >= 0.3 is 0 Å². The average Bonchev–Trinajstić information content (AvgIpc) is 2.93. The molecule has 202 valence electrons. The molecule has 1 fully saturated rings. The first-order valence-electron chi connectivity index (χ1n) is 11.9. The lowest BCUT2D eigenvalue weighted by molar-refractivity contribution is 0.0535. The molecule has 0 aliphatic carbocycles. The number of carbonyl (C=O) groups is 2. The number of para-hydroxylation sites is 1. The van der Waals surface area contributed by atoms with Gasteiger partial charge in [0.05, 0.1) is 11.3 Å². The van der Waals surface area contributed by atoms with Crippen molar-refractivity contribution in [2.75, 3.05) is 30.9 Å². The zero-order valence-electron chi connectivity index (χ0n) is 21.0. The van der Waals surface area contributed by atoms with Gasteiger partial charge in [-0.15, -0.1) is 0 Å². The normalized spacial score (nSPS) is 13.9. The molecule has 0 atom stereocenters. The number of hydrogen-bond donors (Lipinski definition) is 1. The van der Waals surface area contributed by atoms with E-state index in [1.165, 1.54) is 30.3 Å². The Morgan fingerprint density at radius 1 is 0.974 bits per heavy atom. The Hall–Kier alpha value is -3.73. The predicted octanol–water partition coefficient (Wildman–Crippen LogP) is 5.15. The maximum absolute atomic E-state index is 13.1. The number of nitrogens with one attached hydrogen (secondary N) is 1. The second-order valence-electron chi connectivity index (χ2n) is 8.59. The minimum Gasteiger partial charge on any atom is -0.335 e. The second kappa shape index (κ2) is 12.0. The lowest BCUT2D eigenvalue weighted by atomic mass is 10.1. The summed E-state index contributed by atoms with van der Waals surface area (Å²) in [5, 5.41) is 0.229. The van der Waals surface area contributed by atoms with Crippen molar-refractivity contribution in [2.45, 2.75) is 11.8 Å². The Morgan fingerprint density at radius 3 is 2.21 bits per heavy atom. The average molecular weight is 587 g/mol. The smallest absolute Gasteiger partial charge is 0.264 e. The van der Waals surface area contributed by atoms with Gasteiger partial charge in [-0.3, -0.25) is 19.3 Å². The van der Waals surface area contributed by atoms with Crippen molar-refractivity contribution in [3.63, 3.8) is 0 Å². The van der Waals surface area contributed by atoms with Crippen LogP contribution in [0.5, 0.6) is 0 Å². The van der Waals surface area contributed by atoms with Crippen LogP contribution in [0.2, 0.25) is 10.3 Å². The van der Waals surface area contributed by atoms with Crippen LogP contribution in [-0.4, -0.2) is 67.9 Å². The summed E-state index contributed by atoms with van der Waals surface area (Å²) < 4.78 is 28.7. The maximum atomic E-state index is 13.1. The number of piperazine rings is 1. The van der Waals surface area contributed by atoms with Crippen LogP contribution in [0.25, 0.3) is 6.08 Å². The zero-order valence-corrected chi connectivity index (χ0v) is 23.3. The number of hydrogen-bond acceptors (Lipinski definition) is 6. The summed E-state index contributed by atoms with van der Waals surface area (Å²) >= 11 is 11.9. The number of rotatable bonds is 7. The Bertz CT molecular complexity index is 1550. The molecule has 0 radical (unpaired) electrons. The zero-order chi connectivity index (χ0) is 28.2. The van der Waals surface area contributed by atoms with E-state index in [4.69, 9.17) is 23.2 Å². The van der Waals surface area contributed by atoms with Crippen molar-refractivity contribution in [1.29, 1.82) is 0 Å². The van der Waals surface area contributed by atoms with Crippen molar-refractivity contribution in [3.8, 4) is 0 Å². The van der Waals surface area contributed by atoms with Gasteiger partial charge in [0, 0.05) is 43.0 Å². The number of anilines is 1. The molecule has 0 saturated carbocycles. The standard InChI is InChI=1S/C27H25Cl2N5O4S/c1-3-5-18-6-4-7-22(24(18)30-2)39(37,38)32-20-10-8-19(9-11-20)26(35)33-14-16-34(17-15-33)27(36)21-12-13-23(28)31-25(21)29/h3-13,32H,2,14-17H2,1H3/b5-3-. The highest BCUT2D eigenvalue weighted by atomic mass is 35.5. The van der Waals surface area contributed by atoms with Crippen molar-refractivity contribution < 1.29 is 18.0 Å². The lowest BCUT2D eigenvalue weighted by Gasteiger charge is -2.35. The highest BCUT2D eigenvalue weighted by Crippen LogP contribution is 2.31. The molecule has 1 aliphatic rings. The summed E-state index contributed by atoms with van der Waals surface area (Å²) in [7, 11) is -3.96. The minimum atomic E-state index is -3.96. The van der Waals surface area contributed by atoms with E-state index in [9.17, 15) is 18.0 Å². The highest BCUT2D eigenvalue weighted by molar-refractivity contribution is 7.92. The first-order chi connectivity index (χ1) is 18.6. The number of pyridine rings is 1. The van der Waals surface area contributed by atoms with E-state index in [2.05, 4.69) is 21.4 Å². The first-order valence-corrected chi connectivity index (χ1v) is 14.1. The Balaban J connectivity index is 1.41. The van der Waals surface area contributed by atoms with E-state index in [1.807, 2.05) is 6.92 Å².